The minimum Gasteiger partial charge on any atom is -0.481 e. The van der Waals surface area contributed by atoms with E-state index in [0.29, 0.717) is 44.5 Å². The minimum absolute atomic E-state index is 0.00762. The second kappa shape index (κ2) is 7.59. The molecule has 1 saturated carbocycles. The topological polar surface area (TPSA) is 121 Å². The molecule has 0 spiro atoms. The first-order chi connectivity index (χ1) is 12.7. The SMILES string of the molecule is Cc1noc(C)c1S(=O)(=O)N1CCN(C(=O)C2CCC(C(=O)O)CC2)CC1. The first-order valence-electron chi connectivity index (χ1n) is 9.16. The zero-order chi connectivity index (χ0) is 19.8. The fourth-order valence-corrected chi connectivity index (χ4v) is 5.68. The van der Waals surface area contributed by atoms with Gasteiger partial charge in [0.1, 0.15) is 10.6 Å². The number of aromatic nitrogens is 1. The molecule has 150 valence electrons. The Balaban J connectivity index is 1.59. The van der Waals surface area contributed by atoms with Crippen LogP contribution in [-0.2, 0) is 19.6 Å². The van der Waals surface area contributed by atoms with Gasteiger partial charge in [0.2, 0.25) is 15.9 Å². The second-order valence-corrected chi connectivity index (χ2v) is 9.14. The Bertz CT molecular complexity index is 798. The van der Waals surface area contributed by atoms with Crippen LogP contribution >= 0.6 is 0 Å². The van der Waals surface area contributed by atoms with Gasteiger partial charge in [0.05, 0.1) is 5.92 Å². The molecule has 9 nitrogen and oxygen atoms in total. The minimum atomic E-state index is -3.70. The summed E-state index contributed by atoms with van der Waals surface area (Å²) in [6.07, 6.45) is 2.19. The fourth-order valence-electron chi connectivity index (χ4n) is 3.97. The number of carboxylic acids is 1. The van der Waals surface area contributed by atoms with Crippen molar-refractivity contribution in [3.8, 4) is 0 Å². The Labute approximate surface area is 158 Å². The van der Waals surface area contributed by atoms with E-state index in [9.17, 15) is 18.0 Å². The van der Waals surface area contributed by atoms with Gasteiger partial charge in [0.25, 0.3) is 0 Å². The Morgan fingerprint density at radius 1 is 1.04 bits per heavy atom. The van der Waals surface area contributed by atoms with Gasteiger partial charge in [-0.25, -0.2) is 8.42 Å². The molecule has 0 unspecified atom stereocenters. The van der Waals surface area contributed by atoms with Crippen molar-refractivity contribution in [2.24, 2.45) is 11.8 Å². The van der Waals surface area contributed by atoms with Crippen LogP contribution in [0, 0.1) is 25.7 Å². The summed E-state index contributed by atoms with van der Waals surface area (Å²) in [5, 5.41) is 12.8. The maximum atomic E-state index is 12.8. The van der Waals surface area contributed by atoms with Crippen LogP contribution < -0.4 is 0 Å². The third-order valence-electron chi connectivity index (χ3n) is 5.54. The van der Waals surface area contributed by atoms with E-state index in [1.165, 1.54) is 4.31 Å². The molecule has 0 radical (unpaired) electrons. The van der Waals surface area contributed by atoms with Crippen LogP contribution in [0.3, 0.4) is 0 Å². The number of carbonyl (C=O) groups excluding carboxylic acids is 1. The molecule has 1 amide bonds. The lowest BCUT2D eigenvalue weighted by Gasteiger charge is -2.37. The van der Waals surface area contributed by atoms with Crippen molar-refractivity contribution in [1.29, 1.82) is 0 Å². The normalized spacial score (nSPS) is 24.7. The van der Waals surface area contributed by atoms with Crippen LogP contribution in [0.1, 0.15) is 37.1 Å². The highest BCUT2D eigenvalue weighted by molar-refractivity contribution is 7.89. The first kappa shape index (κ1) is 19.8. The molecule has 1 aliphatic heterocycles. The summed E-state index contributed by atoms with van der Waals surface area (Å²) < 4.78 is 32.0. The van der Waals surface area contributed by atoms with Crippen LogP contribution in [-0.4, -0.2) is 65.9 Å². The summed E-state index contributed by atoms with van der Waals surface area (Å²) in [7, 11) is -3.70. The van der Waals surface area contributed by atoms with E-state index in [4.69, 9.17) is 9.63 Å². The molecule has 27 heavy (non-hydrogen) atoms. The van der Waals surface area contributed by atoms with Gasteiger partial charge < -0.3 is 14.5 Å². The maximum absolute atomic E-state index is 12.8. The van der Waals surface area contributed by atoms with E-state index in [0.717, 1.165) is 0 Å². The van der Waals surface area contributed by atoms with Crippen molar-refractivity contribution in [3.05, 3.63) is 11.5 Å². The summed E-state index contributed by atoms with van der Waals surface area (Å²) in [5.41, 5.74) is 0.334. The van der Waals surface area contributed by atoms with Crippen molar-refractivity contribution in [3.63, 3.8) is 0 Å². The van der Waals surface area contributed by atoms with Gasteiger partial charge in [-0.05, 0) is 39.5 Å². The molecule has 2 aliphatic rings. The van der Waals surface area contributed by atoms with Gasteiger partial charge in [-0.3, -0.25) is 9.59 Å². The Kier molecular flexibility index (Phi) is 5.57. The predicted molar refractivity (Wildman–Crippen MR) is 94.4 cm³/mol. The average molecular weight is 399 g/mol. The van der Waals surface area contributed by atoms with E-state index in [1.807, 2.05) is 0 Å². The molecule has 0 atom stereocenters. The summed E-state index contributed by atoms with van der Waals surface area (Å²) in [6, 6.07) is 0. The van der Waals surface area contributed by atoms with Gasteiger partial charge >= 0.3 is 5.97 Å². The second-order valence-electron chi connectivity index (χ2n) is 7.27. The molecule has 3 rings (SSSR count). The summed E-state index contributed by atoms with van der Waals surface area (Å²) in [4.78, 5) is 25.6. The molecule has 1 N–H and O–H groups in total. The number of amides is 1. The summed E-state index contributed by atoms with van der Waals surface area (Å²) in [6.45, 7) is 4.28. The Morgan fingerprint density at radius 3 is 2.07 bits per heavy atom. The van der Waals surface area contributed by atoms with Gasteiger partial charge in [0.15, 0.2) is 5.76 Å². The molecule has 1 saturated heterocycles. The molecule has 0 aromatic carbocycles. The fraction of sp³-hybridized carbons (Fsp3) is 0.706. The number of sulfonamides is 1. The number of carboxylic acid groups (broad SMARTS) is 1. The van der Waals surface area contributed by atoms with E-state index >= 15 is 0 Å². The van der Waals surface area contributed by atoms with Crippen molar-refractivity contribution < 1.29 is 27.6 Å². The molecule has 1 aliphatic carbocycles. The Morgan fingerprint density at radius 2 is 1.59 bits per heavy atom. The van der Waals surface area contributed by atoms with Crippen molar-refractivity contribution >= 4 is 21.9 Å². The molecule has 2 heterocycles. The predicted octanol–water partition coefficient (Wildman–Crippen LogP) is 1.02. The molecular formula is C17H25N3O6S. The van der Waals surface area contributed by atoms with Crippen LogP contribution in [0.15, 0.2) is 9.42 Å². The highest BCUT2D eigenvalue weighted by Crippen LogP contribution is 2.31. The van der Waals surface area contributed by atoms with E-state index in [1.54, 1.807) is 18.7 Å². The van der Waals surface area contributed by atoms with E-state index in [-0.39, 0.29) is 41.5 Å². The molecule has 1 aromatic rings. The quantitative estimate of drug-likeness (QED) is 0.802. The number of nitrogens with zero attached hydrogens (tertiary/aromatic N) is 3. The molecule has 2 fully saturated rings. The molecule has 10 heteroatoms. The average Bonchev–Trinajstić information content (AvgIpc) is 3.00. The van der Waals surface area contributed by atoms with Crippen LogP contribution in [0.25, 0.3) is 0 Å². The van der Waals surface area contributed by atoms with E-state index < -0.39 is 16.0 Å². The van der Waals surface area contributed by atoms with Gasteiger partial charge in [0, 0.05) is 32.1 Å². The number of piperazine rings is 1. The number of hydrogen-bond acceptors (Lipinski definition) is 6. The largest absolute Gasteiger partial charge is 0.481 e. The Hall–Kier alpha value is -1.94. The lowest BCUT2D eigenvalue weighted by atomic mass is 9.81. The monoisotopic (exact) mass is 399 g/mol. The summed E-state index contributed by atoms with van der Waals surface area (Å²) in [5.74, 6) is -1.04. The number of rotatable bonds is 4. The first-order valence-corrected chi connectivity index (χ1v) is 10.6. The van der Waals surface area contributed by atoms with Gasteiger partial charge in [-0.2, -0.15) is 4.31 Å². The number of carbonyl (C=O) groups is 2. The lowest BCUT2D eigenvalue weighted by Crippen LogP contribution is -2.52. The smallest absolute Gasteiger partial charge is 0.306 e. The molecular weight excluding hydrogens is 374 g/mol. The van der Waals surface area contributed by atoms with Crippen molar-refractivity contribution in [1.82, 2.24) is 14.4 Å². The number of hydrogen-bond donors (Lipinski definition) is 1. The molecule has 1 aromatic heterocycles. The third kappa shape index (κ3) is 3.86. The van der Waals surface area contributed by atoms with E-state index in [2.05, 4.69) is 5.16 Å². The third-order valence-corrected chi connectivity index (χ3v) is 7.69. The van der Waals surface area contributed by atoms with Crippen molar-refractivity contribution in [2.45, 2.75) is 44.4 Å². The highest BCUT2D eigenvalue weighted by atomic mass is 32.2. The standard InChI is InChI=1S/C17H25N3O6S/c1-11-15(12(2)26-18-11)27(24,25)20-9-7-19(8-10-20)16(21)13-3-5-14(6-4-13)17(22)23/h13-14H,3-10H2,1-2H3,(H,22,23). The van der Waals surface area contributed by atoms with Crippen molar-refractivity contribution in [2.75, 3.05) is 26.2 Å². The lowest BCUT2D eigenvalue weighted by molar-refractivity contribution is -0.146. The zero-order valence-electron chi connectivity index (χ0n) is 15.5. The summed E-state index contributed by atoms with van der Waals surface area (Å²) >= 11 is 0. The maximum Gasteiger partial charge on any atom is 0.306 e. The van der Waals surface area contributed by atoms with Crippen LogP contribution in [0.2, 0.25) is 0 Å². The highest BCUT2D eigenvalue weighted by Gasteiger charge is 2.37. The van der Waals surface area contributed by atoms with Gasteiger partial charge in [-0.15, -0.1) is 0 Å². The van der Waals surface area contributed by atoms with Gasteiger partial charge in [-0.1, -0.05) is 5.16 Å². The molecule has 0 bridgehead atoms. The van der Waals surface area contributed by atoms with Crippen LogP contribution in [0.5, 0.6) is 0 Å². The number of aryl methyl sites for hydroxylation is 2. The number of aliphatic carboxylic acids is 1. The van der Waals surface area contributed by atoms with Crippen LogP contribution in [0.4, 0.5) is 0 Å². The zero-order valence-corrected chi connectivity index (χ0v) is 16.4.